The maximum absolute atomic E-state index is 11.0. The van der Waals surface area contributed by atoms with Crippen LogP contribution >= 0.6 is 15.2 Å². The summed E-state index contributed by atoms with van der Waals surface area (Å²) < 4.78 is 22.0. The minimum atomic E-state index is -4.33. The fourth-order valence-electron chi connectivity index (χ4n) is 2.26. The van der Waals surface area contributed by atoms with Crippen LogP contribution in [-0.4, -0.2) is 162 Å². The Labute approximate surface area is 234 Å². The molecule has 0 aromatic heterocycles. The van der Waals surface area contributed by atoms with Gasteiger partial charge in [-0.15, -0.1) is 0 Å². The summed E-state index contributed by atoms with van der Waals surface area (Å²) in [5, 5.41) is 0. The summed E-state index contributed by atoms with van der Waals surface area (Å²) in [4.78, 5) is 37.0. The third-order valence-corrected chi connectivity index (χ3v) is 4.20. The zero-order chi connectivity index (χ0) is 16.2. The molecule has 0 aliphatic rings. The van der Waals surface area contributed by atoms with Crippen molar-refractivity contribution >= 4 is 133 Å². The number of hydrogen-bond donors (Lipinski definition) is 4. The molecule has 0 aliphatic heterocycles. The summed E-state index contributed by atoms with van der Waals surface area (Å²) in [7, 11) is -8.65. The summed E-state index contributed by atoms with van der Waals surface area (Å²) in [5.74, 6) is 0.311. The van der Waals surface area contributed by atoms with Crippen LogP contribution in [0.1, 0.15) is 40.5 Å². The predicted molar refractivity (Wildman–Crippen MR) is 101 cm³/mol. The summed E-state index contributed by atoms with van der Waals surface area (Å²) in [6, 6.07) is 0. The van der Waals surface area contributed by atoms with Gasteiger partial charge in [0.15, 0.2) is 0 Å². The molecule has 4 N–H and O–H groups in total. The number of hydrogen-bond acceptors (Lipinski definition) is 3. The van der Waals surface area contributed by atoms with Crippen molar-refractivity contribution in [2.75, 3.05) is 19.1 Å². The molecule has 0 saturated carbocycles. The molecular weight excluding hydrogens is 396 g/mol. The van der Waals surface area contributed by atoms with Crippen molar-refractivity contribution < 1.29 is 28.7 Å². The third-order valence-electron chi connectivity index (χ3n) is 2.67. The molecule has 0 fully saturated rings. The van der Waals surface area contributed by atoms with Crippen molar-refractivity contribution in [1.82, 2.24) is 4.90 Å². The molecule has 0 heterocycles. The Bertz CT molecular complexity index is 374. The van der Waals surface area contributed by atoms with E-state index in [4.69, 9.17) is 19.6 Å². The van der Waals surface area contributed by atoms with Crippen LogP contribution in [0.5, 0.6) is 0 Å². The first-order chi connectivity index (χ1) is 8.68. The van der Waals surface area contributed by atoms with Gasteiger partial charge in [0, 0.05) is 118 Å². The Kier molecular flexibility index (Phi) is 27.5. The molecule has 13 heteroatoms. The zero-order valence-electron chi connectivity index (χ0n) is 16.6. The number of nitrogens with zero attached hydrogens (tertiary/aromatic N) is 1. The van der Waals surface area contributed by atoms with E-state index in [0.29, 0.717) is 12.3 Å². The molecule has 1 unspecified atom stereocenters. The first-order valence-corrected chi connectivity index (χ1v) is 10.1. The predicted octanol–water partition coefficient (Wildman–Crippen LogP) is 0.498. The van der Waals surface area contributed by atoms with Crippen LogP contribution in [0.15, 0.2) is 0 Å². The van der Waals surface area contributed by atoms with E-state index in [1.165, 1.54) is 0 Å². The van der Waals surface area contributed by atoms with Gasteiger partial charge in [-0.25, -0.2) is 0 Å². The van der Waals surface area contributed by atoms with Gasteiger partial charge in [-0.05, 0) is 30.7 Å². The fourth-order valence-corrected chi connectivity index (χ4v) is 3.94. The molecule has 0 saturated heterocycles. The smallest absolute Gasteiger partial charge is 0.324 e. The van der Waals surface area contributed by atoms with E-state index in [1.807, 2.05) is 6.92 Å². The van der Waals surface area contributed by atoms with Gasteiger partial charge >= 0.3 is 15.2 Å². The third kappa shape index (κ3) is 28.5. The van der Waals surface area contributed by atoms with Crippen LogP contribution in [0.4, 0.5) is 0 Å². The first-order valence-electron chi connectivity index (χ1n) is 6.49. The molecule has 24 heavy (non-hydrogen) atoms. The van der Waals surface area contributed by atoms with Crippen molar-refractivity contribution in [3.05, 3.63) is 0 Å². The molecule has 0 bridgehead atoms. The van der Waals surface area contributed by atoms with Crippen LogP contribution in [-0.2, 0) is 9.13 Å². The fraction of sp³-hybridized carbons (Fsp3) is 1.00. The van der Waals surface area contributed by atoms with Crippen LogP contribution in [0.2, 0.25) is 0 Å². The van der Waals surface area contributed by atoms with Crippen molar-refractivity contribution in [2.45, 2.75) is 40.5 Å². The van der Waals surface area contributed by atoms with Gasteiger partial charge in [-0.2, -0.15) is 0 Å². The van der Waals surface area contributed by atoms with Crippen molar-refractivity contribution in [2.24, 2.45) is 11.3 Å². The molecular formula is C11H27NNa4O6P2. The second-order valence-electron chi connectivity index (χ2n) is 6.67. The van der Waals surface area contributed by atoms with Gasteiger partial charge in [-0.1, -0.05) is 27.7 Å². The average Bonchev–Trinajstić information content (AvgIpc) is 2.06. The molecule has 126 valence electrons. The second-order valence-corrected chi connectivity index (χ2v) is 9.89. The van der Waals surface area contributed by atoms with E-state index in [-0.39, 0.29) is 130 Å². The van der Waals surface area contributed by atoms with E-state index in [0.717, 1.165) is 11.3 Å². The molecule has 0 aliphatic carbocycles. The Hall–Kier alpha value is 4.26. The van der Waals surface area contributed by atoms with E-state index < -0.39 is 27.8 Å². The molecule has 4 radical (unpaired) electrons. The van der Waals surface area contributed by atoms with E-state index in [1.54, 1.807) is 0 Å². The van der Waals surface area contributed by atoms with Crippen LogP contribution < -0.4 is 0 Å². The first kappa shape index (κ1) is 38.8. The Morgan fingerprint density at radius 2 is 1.21 bits per heavy atom. The summed E-state index contributed by atoms with van der Waals surface area (Å²) in [6.45, 7) is 8.59. The minimum Gasteiger partial charge on any atom is -0.324 e. The molecule has 1 atom stereocenters. The van der Waals surface area contributed by atoms with Gasteiger partial charge < -0.3 is 19.6 Å². The summed E-state index contributed by atoms with van der Waals surface area (Å²) >= 11 is 0. The molecule has 0 aromatic rings. The van der Waals surface area contributed by atoms with Crippen molar-refractivity contribution in [1.29, 1.82) is 0 Å². The van der Waals surface area contributed by atoms with Gasteiger partial charge in [0.25, 0.3) is 0 Å². The van der Waals surface area contributed by atoms with Gasteiger partial charge in [0.2, 0.25) is 0 Å². The molecule has 0 spiro atoms. The van der Waals surface area contributed by atoms with Crippen molar-refractivity contribution in [3.8, 4) is 0 Å². The quantitative estimate of drug-likeness (QED) is 0.332. The average molecular weight is 423 g/mol. The van der Waals surface area contributed by atoms with Crippen LogP contribution in [0.3, 0.4) is 0 Å². The molecule has 7 nitrogen and oxygen atoms in total. The normalized spacial score (nSPS) is 13.0. The molecule has 0 amide bonds. The topological polar surface area (TPSA) is 118 Å². The van der Waals surface area contributed by atoms with Gasteiger partial charge in [-0.3, -0.25) is 14.0 Å². The maximum atomic E-state index is 11.0. The monoisotopic (exact) mass is 423 g/mol. The van der Waals surface area contributed by atoms with E-state index >= 15 is 0 Å². The van der Waals surface area contributed by atoms with Crippen molar-refractivity contribution in [3.63, 3.8) is 0 Å². The van der Waals surface area contributed by atoms with Gasteiger partial charge in [0.1, 0.15) is 12.6 Å². The maximum Gasteiger partial charge on any atom is 0.339 e. The molecule has 0 aromatic carbocycles. The molecule has 0 rings (SSSR count). The zero-order valence-corrected chi connectivity index (χ0v) is 26.3. The Balaban J connectivity index is -0.000000301. The Morgan fingerprint density at radius 1 is 0.875 bits per heavy atom. The Morgan fingerprint density at radius 3 is 1.46 bits per heavy atom. The van der Waals surface area contributed by atoms with Gasteiger partial charge in [0.05, 0.1) is 0 Å². The second kappa shape index (κ2) is 17.0. The van der Waals surface area contributed by atoms with E-state index in [9.17, 15) is 9.13 Å². The van der Waals surface area contributed by atoms with E-state index in [2.05, 4.69) is 20.8 Å². The van der Waals surface area contributed by atoms with Crippen LogP contribution in [0, 0.1) is 11.3 Å². The SMILES string of the molecule is CC(CCN(CP(=O)(O)O)CP(=O)(O)O)CC(C)(C)C.[Na].[Na].[Na].[Na]. The summed E-state index contributed by atoms with van der Waals surface area (Å²) in [5.41, 5.74) is 0.150. The minimum absolute atomic E-state index is 0. The summed E-state index contributed by atoms with van der Waals surface area (Å²) in [6.07, 6.45) is 0.324. The number of rotatable bonds is 8. The largest absolute Gasteiger partial charge is 0.339 e. The van der Waals surface area contributed by atoms with Crippen LogP contribution in [0.25, 0.3) is 0 Å². The standard InChI is InChI=1S/C11H27NO6P2.4Na/c1-10(7-11(2,3)4)5-6-12(8-19(13,14)15)9-20(16,17)18;;;;/h10H,5-9H2,1-4H3,(H2,13,14,15)(H2,16,17,18);;;;.